The molecule has 2 aromatic heterocycles. The molecule has 79 heavy (non-hydrogen) atoms. The molecule has 0 amide bonds. The molecule has 15 aromatic rings. The highest BCUT2D eigenvalue weighted by atomic mass is 16.5. The van der Waals surface area contributed by atoms with Gasteiger partial charge in [0.1, 0.15) is 11.5 Å². The average molecular weight is 1000 g/mol. The van der Waals surface area contributed by atoms with Gasteiger partial charge >= 0.3 is 0 Å². The van der Waals surface area contributed by atoms with Crippen molar-refractivity contribution in [1.82, 2.24) is 9.13 Å². The summed E-state index contributed by atoms with van der Waals surface area (Å²) in [5.74, 6) is 1.70. The fourth-order valence-corrected chi connectivity index (χ4v) is 13.6. The van der Waals surface area contributed by atoms with E-state index in [4.69, 9.17) is 4.74 Å². The van der Waals surface area contributed by atoms with E-state index in [9.17, 15) is 0 Å². The summed E-state index contributed by atoms with van der Waals surface area (Å²) in [6.07, 6.45) is 0. The third-order valence-electron chi connectivity index (χ3n) is 16.9. The Labute approximate surface area is 457 Å². The van der Waals surface area contributed by atoms with Crippen molar-refractivity contribution in [2.24, 2.45) is 0 Å². The van der Waals surface area contributed by atoms with Gasteiger partial charge in [-0.15, -0.1) is 0 Å². The molecule has 0 saturated heterocycles. The summed E-state index contributed by atoms with van der Waals surface area (Å²) in [6, 6.07) is 103. The highest BCUT2D eigenvalue weighted by Crippen LogP contribution is 2.51. The zero-order valence-electron chi connectivity index (χ0n) is 42.9. The first-order chi connectivity index (χ1) is 39.2. The van der Waals surface area contributed by atoms with E-state index in [2.05, 4.69) is 293 Å². The van der Waals surface area contributed by atoms with E-state index in [1.807, 2.05) is 0 Å². The number of nitrogens with zero attached hydrogens (tertiary/aromatic N) is 3. The van der Waals surface area contributed by atoms with Gasteiger partial charge in [-0.05, 0) is 121 Å². The van der Waals surface area contributed by atoms with E-state index < -0.39 is 0 Å². The summed E-state index contributed by atoms with van der Waals surface area (Å²) in [5.41, 5.74) is 20.4. The maximum Gasteiger partial charge on any atom is 0.256 e. The van der Waals surface area contributed by atoms with Crippen LogP contribution < -0.4 is 26.0 Å². The van der Waals surface area contributed by atoms with Crippen molar-refractivity contribution < 1.29 is 4.74 Å². The van der Waals surface area contributed by atoms with Gasteiger partial charge < -0.3 is 18.8 Å². The van der Waals surface area contributed by atoms with Crippen LogP contribution in [-0.2, 0) is 0 Å². The van der Waals surface area contributed by atoms with E-state index >= 15 is 0 Å². The van der Waals surface area contributed by atoms with Gasteiger partial charge in [-0.3, -0.25) is 0 Å². The molecule has 4 heterocycles. The maximum atomic E-state index is 7.64. The van der Waals surface area contributed by atoms with Crippen molar-refractivity contribution in [1.29, 1.82) is 0 Å². The molecule has 0 fully saturated rings. The second-order valence-electron chi connectivity index (χ2n) is 21.1. The summed E-state index contributed by atoms with van der Waals surface area (Å²) < 4.78 is 12.5. The first kappa shape index (κ1) is 43.8. The van der Waals surface area contributed by atoms with Gasteiger partial charge in [-0.25, -0.2) is 0 Å². The molecule has 0 spiro atoms. The maximum absolute atomic E-state index is 7.64. The van der Waals surface area contributed by atoms with Crippen LogP contribution in [0.3, 0.4) is 0 Å². The molecule has 4 nitrogen and oxygen atoms in total. The number of hydrogen-bond acceptors (Lipinski definition) is 2. The Morgan fingerprint density at radius 3 is 1.29 bits per heavy atom. The Balaban J connectivity index is 1.01. The van der Waals surface area contributed by atoms with E-state index in [1.54, 1.807) is 0 Å². The van der Waals surface area contributed by atoms with Crippen molar-refractivity contribution in [2.45, 2.75) is 0 Å². The molecule has 0 bridgehead atoms. The lowest BCUT2D eigenvalue weighted by molar-refractivity contribution is 0.487. The SMILES string of the molecule is c1ccc(-c2cccc(-c3ccccc3)c2N2c3cc(-n4c5ccccc5c5ccccc54)ccc3B3c4ccc(-n5c6ccccc6c6ccccc65)cc4Oc4cc(-c5c6ccccc6cc6ccccc56)cc2c43)cc1. The van der Waals surface area contributed by atoms with Gasteiger partial charge in [0.05, 0.1) is 27.8 Å². The Hall–Kier alpha value is -10.4. The lowest BCUT2D eigenvalue weighted by atomic mass is 9.34. The van der Waals surface area contributed by atoms with Crippen LogP contribution in [0.2, 0.25) is 0 Å². The average Bonchev–Trinajstić information content (AvgIpc) is 3.96. The number of aromatic nitrogens is 2. The van der Waals surface area contributed by atoms with Gasteiger partial charge in [0.15, 0.2) is 0 Å². The van der Waals surface area contributed by atoms with E-state index in [0.717, 1.165) is 89.7 Å². The lowest BCUT2D eigenvalue weighted by Crippen LogP contribution is -2.59. The summed E-state index contributed by atoms with van der Waals surface area (Å²) in [6.45, 7) is -0.179. The summed E-state index contributed by atoms with van der Waals surface area (Å²) in [5, 5.41) is 9.69. The molecule has 13 aromatic carbocycles. The summed E-state index contributed by atoms with van der Waals surface area (Å²) in [7, 11) is 0. The van der Waals surface area contributed by atoms with Crippen LogP contribution in [-0.4, -0.2) is 15.8 Å². The van der Waals surface area contributed by atoms with Crippen LogP contribution in [0.15, 0.2) is 279 Å². The van der Waals surface area contributed by atoms with E-state index in [0.29, 0.717) is 0 Å². The second-order valence-corrected chi connectivity index (χ2v) is 21.1. The van der Waals surface area contributed by atoms with Crippen LogP contribution in [0.1, 0.15) is 0 Å². The molecule has 0 radical (unpaired) electrons. The monoisotopic (exact) mass is 1000 g/mol. The number of anilines is 3. The van der Waals surface area contributed by atoms with Crippen LogP contribution in [0.4, 0.5) is 17.1 Å². The lowest BCUT2D eigenvalue weighted by Gasteiger charge is -2.42. The van der Waals surface area contributed by atoms with Crippen LogP contribution in [0, 0.1) is 0 Å². The number of ether oxygens (including phenoxy) is 1. The second kappa shape index (κ2) is 17.1. The first-order valence-electron chi connectivity index (χ1n) is 27.3. The topological polar surface area (TPSA) is 22.3 Å². The molecule has 0 aliphatic carbocycles. The zero-order valence-corrected chi connectivity index (χ0v) is 42.9. The Morgan fingerprint density at radius 1 is 0.304 bits per heavy atom. The molecule has 0 saturated carbocycles. The fraction of sp³-hybridized carbons (Fsp3) is 0. The van der Waals surface area contributed by atoms with Crippen molar-refractivity contribution in [2.75, 3.05) is 4.90 Å². The highest BCUT2D eigenvalue weighted by Gasteiger charge is 2.44. The van der Waals surface area contributed by atoms with Crippen LogP contribution >= 0.6 is 0 Å². The third kappa shape index (κ3) is 6.51. The molecule has 2 aliphatic heterocycles. The molecule has 0 unspecified atom stereocenters. The fourth-order valence-electron chi connectivity index (χ4n) is 13.6. The molecule has 0 N–H and O–H groups in total. The van der Waals surface area contributed by atoms with Gasteiger partial charge in [0.2, 0.25) is 0 Å². The molecule has 5 heteroatoms. The quantitative estimate of drug-likeness (QED) is 0.122. The minimum absolute atomic E-state index is 0.179. The van der Waals surface area contributed by atoms with Gasteiger partial charge in [0, 0.05) is 61.5 Å². The van der Waals surface area contributed by atoms with Crippen molar-refractivity contribution >= 4 is 105 Å². The standard InChI is InChI=1S/C74H46BN3O/c1-3-20-47(21-4-1)56-32-19-33-57(48-22-5-2-6-23-48)74(56)78-68-45-52(76-64-34-15-11-28-58(64)59-29-12-16-35-65(59)76)38-40-62(68)75-63-41-39-53(77-66-36-17-13-30-60(66)61-31-14-18-37-67(61)77)46-70(63)79-71-44-51(43-69(78)73(71)75)72-54-26-9-7-24-49(54)42-50-25-8-10-27-55(50)72/h1-46H. The molecule has 366 valence electrons. The number of para-hydroxylation sites is 5. The minimum atomic E-state index is -0.179. The summed E-state index contributed by atoms with van der Waals surface area (Å²) in [4.78, 5) is 2.60. The van der Waals surface area contributed by atoms with E-state index in [-0.39, 0.29) is 6.71 Å². The van der Waals surface area contributed by atoms with E-state index in [1.165, 1.54) is 65.1 Å². The molecule has 17 rings (SSSR count). The Kier molecular flexibility index (Phi) is 9.48. The van der Waals surface area contributed by atoms with Crippen molar-refractivity contribution in [3.63, 3.8) is 0 Å². The zero-order chi connectivity index (χ0) is 51.7. The number of fused-ring (bicyclic) bond motifs is 12. The molecule has 0 atom stereocenters. The van der Waals surface area contributed by atoms with Crippen molar-refractivity contribution in [3.8, 4) is 56.3 Å². The molecular formula is C74H46BN3O. The molecular weight excluding hydrogens is 958 g/mol. The van der Waals surface area contributed by atoms with Crippen LogP contribution in [0.5, 0.6) is 11.5 Å². The number of rotatable bonds is 6. The highest BCUT2D eigenvalue weighted by molar-refractivity contribution is 6.99. The molecule has 2 aliphatic rings. The van der Waals surface area contributed by atoms with Gasteiger partial charge in [0.25, 0.3) is 6.71 Å². The smallest absolute Gasteiger partial charge is 0.256 e. The number of benzene rings is 13. The summed E-state index contributed by atoms with van der Waals surface area (Å²) >= 11 is 0. The largest absolute Gasteiger partial charge is 0.458 e. The predicted molar refractivity (Wildman–Crippen MR) is 332 cm³/mol. The normalized spacial score (nSPS) is 12.6. The van der Waals surface area contributed by atoms with Gasteiger partial charge in [-0.1, -0.05) is 212 Å². The Bertz CT molecular complexity index is 4800. The first-order valence-corrected chi connectivity index (χ1v) is 27.3. The minimum Gasteiger partial charge on any atom is -0.458 e. The number of hydrogen-bond donors (Lipinski definition) is 0. The third-order valence-corrected chi connectivity index (χ3v) is 16.9. The van der Waals surface area contributed by atoms with Crippen LogP contribution in [0.25, 0.3) is 110 Å². The van der Waals surface area contributed by atoms with Crippen molar-refractivity contribution in [3.05, 3.63) is 279 Å². The van der Waals surface area contributed by atoms with Gasteiger partial charge in [-0.2, -0.15) is 0 Å². The Morgan fingerprint density at radius 2 is 0.759 bits per heavy atom. The predicted octanol–water partition coefficient (Wildman–Crippen LogP) is 17.6.